The molecule has 2 aromatic rings. The van der Waals surface area contributed by atoms with Crippen LogP contribution in [0.3, 0.4) is 0 Å². The van der Waals surface area contributed by atoms with E-state index in [9.17, 15) is 9.59 Å². The van der Waals surface area contributed by atoms with Crippen LogP contribution < -0.4 is 14.8 Å². The van der Waals surface area contributed by atoms with Crippen molar-refractivity contribution >= 4 is 23.4 Å². The number of nitrogens with zero attached hydrogens (tertiary/aromatic N) is 1. The number of methoxy groups -OCH3 is 2. The molecule has 166 valence electrons. The third kappa shape index (κ3) is 6.14. The van der Waals surface area contributed by atoms with E-state index < -0.39 is 0 Å². The molecule has 0 spiro atoms. The standard InChI is InChI=1S/C24H29ClN2O4/c1-30-21-9-7-19(15-22(21)31-2)24(29)26-16-17-11-13-27(14-12-17)23(28)10-8-18-5-3-4-6-20(18)25/h3-7,9,15,17H,8,10-14,16H2,1-2H3,(H,26,29). The normalized spacial score (nSPS) is 14.2. The number of carbonyl (C=O) groups excluding carboxylic acids is 2. The maximum atomic E-state index is 12.5. The fraction of sp³-hybridized carbons (Fsp3) is 0.417. The number of aryl methyl sites for hydroxylation is 1. The van der Waals surface area contributed by atoms with Crippen LogP contribution in [0.4, 0.5) is 0 Å². The molecule has 1 fully saturated rings. The molecule has 0 unspecified atom stereocenters. The molecule has 7 heteroatoms. The van der Waals surface area contributed by atoms with Gasteiger partial charge >= 0.3 is 0 Å². The number of piperidine rings is 1. The van der Waals surface area contributed by atoms with Gasteiger partial charge < -0.3 is 19.7 Å². The first-order chi connectivity index (χ1) is 15.0. The van der Waals surface area contributed by atoms with Gasteiger partial charge in [0.25, 0.3) is 5.91 Å². The van der Waals surface area contributed by atoms with Crippen LogP contribution >= 0.6 is 11.6 Å². The second-order valence-corrected chi connectivity index (χ2v) is 8.10. The van der Waals surface area contributed by atoms with Gasteiger partial charge in [-0.2, -0.15) is 0 Å². The van der Waals surface area contributed by atoms with Crippen LogP contribution in [0.25, 0.3) is 0 Å². The lowest BCUT2D eigenvalue weighted by Gasteiger charge is -2.32. The number of nitrogens with one attached hydrogen (secondary N) is 1. The molecule has 1 aliphatic heterocycles. The van der Waals surface area contributed by atoms with Gasteiger partial charge in [0.15, 0.2) is 11.5 Å². The number of carbonyl (C=O) groups is 2. The molecule has 0 radical (unpaired) electrons. The van der Waals surface area contributed by atoms with Crippen LogP contribution in [-0.4, -0.2) is 50.6 Å². The summed E-state index contributed by atoms with van der Waals surface area (Å²) >= 11 is 6.18. The fourth-order valence-electron chi connectivity index (χ4n) is 3.80. The molecule has 6 nitrogen and oxygen atoms in total. The summed E-state index contributed by atoms with van der Waals surface area (Å²) in [6.07, 6.45) is 2.87. The van der Waals surface area contributed by atoms with Crippen molar-refractivity contribution in [2.24, 2.45) is 5.92 Å². The molecule has 1 aliphatic rings. The highest BCUT2D eigenvalue weighted by molar-refractivity contribution is 6.31. The molecular formula is C24H29ClN2O4. The van der Waals surface area contributed by atoms with Crippen molar-refractivity contribution < 1.29 is 19.1 Å². The zero-order chi connectivity index (χ0) is 22.2. The summed E-state index contributed by atoms with van der Waals surface area (Å²) in [5.41, 5.74) is 1.54. The topological polar surface area (TPSA) is 67.9 Å². The van der Waals surface area contributed by atoms with Gasteiger partial charge in [-0.1, -0.05) is 29.8 Å². The number of ether oxygens (including phenoxy) is 2. The lowest BCUT2D eigenvalue weighted by Crippen LogP contribution is -2.41. The Kier molecular flexibility index (Phi) is 8.18. The SMILES string of the molecule is COc1ccc(C(=O)NCC2CCN(C(=O)CCc3ccccc3Cl)CC2)cc1OC. The summed E-state index contributed by atoms with van der Waals surface area (Å²) in [5, 5.41) is 3.71. The largest absolute Gasteiger partial charge is 0.493 e. The molecule has 0 saturated carbocycles. The Morgan fingerprint density at radius 1 is 1.06 bits per heavy atom. The third-order valence-electron chi connectivity index (χ3n) is 5.73. The molecule has 2 aromatic carbocycles. The van der Waals surface area contributed by atoms with Gasteiger partial charge in [-0.25, -0.2) is 0 Å². The average Bonchev–Trinajstić information content (AvgIpc) is 2.81. The van der Waals surface area contributed by atoms with Gasteiger partial charge in [-0.05, 0) is 55.0 Å². The molecule has 0 bridgehead atoms. The predicted octanol–water partition coefficient (Wildman–Crippen LogP) is 3.96. The molecule has 0 aromatic heterocycles. The third-order valence-corrected chi connectivity index (χ3v) is 6.10. The molecule has 1 heterocycles. The number of amides is 2. The Labute approximate surface area is 188 Å². The van der Waals surface area contributed by atoms with Crippen molar-refractivity contribution in [2.45, 2.75) is 25.7 Å². The van der Waals surface area contributed by atoms with E-state index in [1.807, 2.05) is 29.2 Å². The number of halogens is 1. The maximum Gasteiger partial charge on any atom is 0.251 e. The van der Waals surface area contributed by atoms with E-state index in [1.165, 1.54) is 0 Å². The number of hydrogen-bond donors (Lipinski definition) is 1. The lowest BCUT2D eigenvalue weighted by molar-refractivity contribution is -0.132. The van der Waals surface area contributed by atoms with Crippen molar-refractivity contribution in [1.82, 2.24) is 10.2 Å². The second-order valence-electron chi connectivity index (χ2n) is 7.70. The number of likely N-dealkylation sites (tertiary alicyclic amines) is 1. The summed E-state index contributed by atoms with van der Waals surface area (Å²) in [6.45, 7) is 2.03. The lowest BCUT2D eigenvalue weighted by atomic mass is 9.96. The number of rotatable bonds is 8. The van der Waals surface area contributed by atoms with Crippen molar-refractivity contribution in [1.29, 1.82) is 0 Å². The maximum absolute atomic E-state index is 12.5. The van der Waals surface area contributed by atoms with Crippen molar-refractivity contribution in [2.75, 3.05) is 33.9 Å². The van der Waals surface area contributed by atoms with E-state index in [0.717, 1.165) is 31.5 Å². The van der Waals surface area contributed by atoms with E-state index in [2.05, 4.69) is 5.32 Å². The first kappa shape index (κ1) is 22.9. The van der Waals surface area contributed by atoms with Crippen molar-refractivity contribution in [3.05, 3.63) is 58.6 Å². The van der Waals surface area contributed by atoms with Gasteiger partial charge in [-0.3, -0.25) is 9.59 Å². The van der Waals surface area contributed by atoms with E-state index in [-0.39, 0.29) is 11.8 Å². The molecule has 2 amide bonds. The zero-order valence-electron chi connectivity index (χ0n) is 18.0. The minimum Gasteiger partial charge on any atom is -0.493 e. The molecular weight excluding hydrogens is 416 g/mol. The number of hydrogen-bond acceptors (Lipinski definition) is 4. The van der Waals surface area contributed by atoms with E-state index in [4.69, 9.17) is 21.1 Å². The minimum atomic E-state index is -0.140. The van der Waals surface area contributed by atoms with Gasteiger partial charge in [0, 0.05) is 36.6 Å². The Hall–Kier alpha value is -2.73. The highest BCUT2D eigenvalue weighted by Crippen LogP contribution is 2.27. The molecule has 1 saturated heterocycles. The van der Waals surface area contributed by atoms with Crippen molar-refractivity contribution in [3.8, 4) is 11.5 Å². The Morgan fingerprint density at radius 3 is 2.45 bits per heavy atom. The van der Waals surface area contributed by atoms with Crippen LogP contribution in [0.5, 0.6) is 11.5 Å². The summed E-state index contributed by atoms with van der Waals surface area (Å²) in [6, 6.07) is 12.8. The van der Waals surface area contributed by atoms with Crippen molar-refractivity contribution in [3.63, 3.8) is 0 Å². The Balaban J connectivity index is 1.42. The monoisotopic (exact) mass is 444 g/mol. The summed E-state index contributed by atoms with van der Waals surface area (Å²) < 4.78 is 10.5. The zero-order valence-corrected chi connectivity index (χ0v) is 18.8. The summed E-state index contributed by atoms with van der Waals surface area (Å²) in [7, 11) is 3.11. The van der Waals surface area contributed by atoms with E-state index in [0.29, 0.717) is 47.4 Å². The molecule has 31 heavy (non-hydrogen) atoms. The molecule has 0 aliphatic carbocycles. The smallest absolute Gasteiger partial charge is 0.251 e. The van der Waals surface area contributed by atoms with E-state index >= 15 is 0 Å². The van der Waals surface area contributed by atoms with Crippen LogP contribution in [0, 0.1) is 5.92 Å². The Bertz CT molecular complexity index is 910. The minimum absolute atomic E-state index is 0.140. The summed E-state index contributed by atoms with van der Waals surface area (Å²) in [4.78, 5) is 27.0. The van der Waals surface area contributed by atoms with Crippen LogP contribution in [-0.2, 0) is 11.2 Å². The Morgan fingerprint density at radius 2 is 1.77 bits per heavy atom. The quantitative estimate of drug-likeness (QED) is 0.669. The van der Waals surface area contributed by atoms with Gasteiger partial charge in [0.2, 0.25) is 5.91 Å². The first-order valence-electron chi connectivity index (χ1n) is 10.5. The first-order valence-corrected chi connectivity index (χ1v) is 10.9. The summed E-state index contributed by atoms with van der Waals surface area (Å²) in [5.74, 6) is 1.49. The van der Waals surface area contributed by atoms with Gasteiger partial charge in [0.1, 0.15) is 0 Å². The van der Waals surface area contributed by atoms with Crippen LogP contribution in [0.15, 0.2) is 42.5 Å². The van der Waals surface area contributed by atoms with E-state index in [1.54, 1.807) is 32.4 Å². The van der Waals surface area contributed by atoms with Crippen LogP contribution in [0.1, 0.15) is 35.2 Å². The van der Waals surface area contributed by atoms with Gasteiger partial charge in [0.05, 0.1) is 14.2 Å². The molecule has 3 rings (SSSR count). The van der Waals surface area contributed by atoms with Crippen LogP contribution in [0.2, 0.25) is 5.02 Å². The number of benzene rings is 2. The fourth-order valence-corrected chi connectivity index (χ4v) is 4.03. The second kappa shape index (κ2) is 11.0. The van der Waals surface area contributed by atoms with Gasteiger partial charge in [-0.15, -0.1) is 0 Å². The highest BCUT2D eigenvalue weighted by Gasteiger charge is 2.23. The predicted molar refractivity (Wildman–Crippen MR) is 121 cm³/mol. The average molecular weight is 445 g/mol. The molecule has 1 N–H and O–H groups in total. The highest BCUT2D eigenvalue weighted by atomic mass is 35.5. The molecule has 0 atom stereocenters.